The molecule has 0 radical (unpaired) electrons. The number of nitrogens with one attached hydrogen (secondary N) is 1. The summed E-state index contributed by atoms with van der Waals surface area (Å²) in [5, 5.41) is 4.61. The van der Waals surface area contributed by atoms with Crippen molar-refractivity contribution >= 4 is 10.0 Å². The lowest BCUT2D eigenvalue weighted by atomic mass is 9.74. The number of piperidine rings is 3. The van der Waals surface area contributed by atoms with Gasteiger partial charge in [-0.15, -0.1) is 0 Å². The van der Waals surface area contributed by atoms with E-state index in [0.29, 0.717) is 24.4 Å². The molecule has 0 amide bonds. The summed E-state index contributed by atoms with van der Waals surface area (Å²) in [4.78, 5) is 2.42. The van der Waals surface area contributed by atoms with Gasteiger partial charge in [-0.1, -0.05) is 0 Å². The molecule has 0 aliphatic carbocycles. The molecule has 2 aromatic heterocycles. The lowest BCUT2D eigenvalue weighted by molar-refractivity contribution is 0.0306. The van der Waals surface area contributed by atoms with Gasteiger partial charge in [-0.2, -0.15) is 5.10 Å². The maximum atomic E-state index is 11.4. The first-order valence-corrected chi connectivity index (χ1v) is 10.6. The Balaban J connectivity index is 1.51. The summed E-state index contributed by atoms with van der Waals surface area (Å²) in [6.45, 7) is 2.50. The highest BCUT2D eigenvalue weighted by atomic mass is 32.2. The largest absolute Gasteiger partial charge is 0.463 e. The molecule has 4 atom stereocenters. The second-order valence-electron chi connectivity index (χ2n) is 7.22. The molecule has 25 heavy (non-hydrogen) atoms. The molecule has 3 aliphatic rings. The van der Waals surface area contributed by atoms with Crippen LogP contribution in [0.1, 0.15) is 24.5 Å². The van der Waals surface area contributed by atoms with Gasteiger partial charge in [0.2, 0.25) is 10.0 Å². The van der Waals surface area contributed by atoms with Crippen molar-refractivity contribution in [3.63, 3.8) is 0 Å². The first-order chi connectivity index (χ1) is 11.9. The number of nitrogens with zero attached hydrogens (tertiary/aromatic N) is 3. The van der Waals surface area contributed by atoms with Gasteiger partial charge in [-0.3, -0.25) is 9.58 Å². The molecule has 8 heteroatoms. The van der Waals surface area contributed by atoms with Crippen molar-refractivity contribution in [1.82, 2.24) is 19.4 Å². The number of sulfonamides is 1. The Morgan fingerprint density at radius 3 is 2.92 bits per heavy atom. The number of hydrogen-bond donors (Lipinski definition) is 1. The van der Waals surface area contributed by atoms with Gasteiger partial charge in [0.15, 0.2) is 5.76 Å². The van der Waals surface area contributed by atoms with Crippen molar-refractivity contribution in [1.29, 1.82) is 0 Å². The van der Waals surface area contributed by atoms with Crippen molar-refractivity contribution in [2.45, 2.75) is 24.8 Å². The van der Waals surface area contributed by atoms with Crippen LogP contribution >= 0.6 is 0 Å². The summed E-state index contributed by atoms with van der Waals surface area (Å²) < 4.78 is 32.9. The van der Waals surface area contributed by atoms with Crippen LogP contribution in [0.4, 0.5) is 0 Å². The molecular weight excluding hydrogens is 340 g/mol. The number of furan rings is 1. The molecule has 1 N–H and O–H groups in total. The molecule has 3 fully saturated rings. The summed E-state index contributed by atoms with van der Waals surface area (Å²) in [6.07, 6.45) is 5.06. The lowest BCUT2D eigenvalue weighted by Crippen LogP contribution is -2.56. The maximum Gasteiger partial charge on any atom is 0.208 e. The second-order valence-corrected chi connectivity index (χ2v) is 9.05. The Bertz CT molecular complexity index is 843. The molecule has 5 rings (SSSR count). The van der Waals surface area contributed by atoms with E-state index < -0.39 is 10.0 Å². The molecule has 5 heterocycles. The molecule has 2 aromatic rings. The van der Waals surface area contributed by atoms with Crippen molar-refractivity contribution in [2.24, 2.45) is 13.0 Å². The molecule has 2 bridgehead atoms. The number of aromatic nitrogens is 2. The van der Waals surface area contributed by atoms with E-state index in [2.05, 4.69) is 20.8 Å². The van der Waals surface area contributed by atoms with E-state index >= 15 is 0 Å². The summed E-state index contributed by atoms with van der Waals surface area (Å²) >= 11 is 0. The number of hydrogen-bond acceptors (Lipinski definition) is 5. The van der Waals surface area contributed by atoms with Crippen LogP contribution in [-0.2, 0) is 17.1 Å². The number of rotatable bonds is 5. The van der Waals surface area contributed by atoms with Gasteiger partial charge < -0.3 is 4.42 Å². The molecule has 1 unspecified atom stereocenters. The van der Waals surface area contributed by atoms with E-state index in [1.54, 1.807) is 6.26 Å². The third kappa shape index (κ3) is 3.38. The number of aryl methyl sites for hydroxylation is 1. The van der Waals surface area contributed by atoms with E-state index in [4.69, 9.17) is 4.42 Å². The van der Waals surface area contributed by atoms with Gasteiger partial charge in [0.25, 0.3) is 0 Å². The Hall–Kier alpha value is -1.64. The zero-order chi connectivity index (χ0) is 17.6. The van der Waals surface area contributed by atoms with Crippen LogP contribution in [0.5, 0.6) is 0 Å². The zero-order valence-electron chi connectivity index (χ0n) is 14.6. The van der Waals surface area contributed by atoms with Gasteiger partial charge in [0.05, 0.1) is 12.5 Å². The van der Waals surface area contributed by atoms with Gasteiger partial charge in [0, 0.05) is 37.8 Å². The standard InChI is InChI=1S/C17H24N4O3S/c1-20-16(9-15(19-20)17-4-3-7-24-17)14-11-21-6-5-12(14)8-13(21)10-18-25(2,22)23/h3-4,7,9,12-14,18H,5-6,8,10-11H2,1-2H3/t12-,13+,14-/m0/s1. The van der Waals surface area contributed by atoms with Gasteiger partial charge in [-0.25, -0.2) is 13.1 Å². The Kier molecular flexibility index (Phi) is 4.21. The highest BCUT2D eigenvalue weighted by Crippen LogP contribution is 2.42. The SMILES string of the molecule is Cn1nc(-c2ccco2)cc1[C@H]1CN2CC[C@H]1C[C@@H]2CNS(C)(=O)=O. The van der Waals surface area contributed by atoms with Crippen LogP contribution in [-0.4, -0.2) is 55.0 Å². The third-order valence-corrected chi connectivity index (χ3v) is 6.22. The molecule has 0 saturated carbocycles. The highest BCUT2D eigenvalue weighted by molar-refractivity contribution is 7.88. The molecule has 3 saturated heterocycles. The smallest absolute Gasteiger partial charge is 0.208 e. The van der Waals surface area contributed by atoms with Crippen molar-refractivity contribution in [3.8, 4) is 11.5 Å². The fraction of sp³-hybridized carbons (Fsp3) is 0.588. The fourth-order valence-electron chi connectivity index (χ4n) is 4.31. The number of fused-ring (bicyclic) bond motifs is 3. The predicted molar refractivity (Wildman–Crippen MR) is 94.6 cm³/mol. The topological polar surface area (TPSA) is 80.4 Å². The minimum Gasteiger partial charge on any atom is -0.463 e. The van der Waals surface area contributed by atoms with Crippen LogP contribution in [0, 0.1) is 5.92 Å². The molecule has 0 aromatic carbocycles. The van der Waals surface area contributed by atoms with Gasteiger partial charge in [-0.05, 0) is 43.5 Å². The van der Waals surface area contributed by atoms with Crippen molar-refractivity contribution in [2.75, 3.05) is 25.9 Å². The maximum absolute atomic E-state index is 11.4. The highest BCUT2D eigenvalue weighted by Gasteiger charge is 2.41. The van der Waals surface area contributed by atoms with E-state index in [1.807, 2.05) is 23.9 Å². The Labute approximate surface area is 148 Å². The zero-order valence-corrected chi connectivity index (χ0v) is 15.4. The van der Waals surface area contributed by atoms with Crippen molar-refractivity contribution in [3.05, 3.63) is 30.2 Å². The quantitative estimate of drug-likeness (QED) is 0.868. The van der Waals surface area contributed by atoms with E-state index in [0.717, 1.165) is 37.4 Å². The summed E-state index contributed by atoms with van der Waals surface area (Å²) in [7, 11) is -1.15. The summed E-state index contributed by atoms with van der Waals surface area (Å²) in [5.41, 5.74) is 2.10. The molecule has 136 valence electrons. The average molecular weight is 364 g/mol. The lowest BCUT2D eigenvalue weighted by Gasteiger charge is -2.49. The van der Waals surface area contributed by atoms with Gasteiger partial charge in [0.1, 0.15) is 5.69 Å². The van der Waals surface area contributed by atoms with Gasteiger partial charge >= 0.3 is 0 Å². The summed E-state index contributed by atoms with van der Waals surface area (Å²) in [5.74, 6) is 1.79. The monoisotopic (exact) mass is 364 g/mol. The third-order valence-electron chi connectivity index (χ3n) is 5.53. The first-order valence-electron chi connectivity index (χ1n) is 8.67. The van der Waals surface area contributed by atoms with Crippen LogP contribution < -0.4 is 4.72 Å². The van der Waals surface area contributed by atoms with E-state index in [9.17, 15) is 8.42 Å². The molecule has 7 nitrogen and oxygen atoms in total. The Morgan fingerprint density at radius 2 is 2.28 bits per heavy atom. The molecular formula is C17H24N4O3S. The molecule has 3 aliphatic heterocycles. The normalized spacial score (nSPS) is 29.2. The van der Waals surface area contributed by atoms with E-state index in [-0.39, 0.29) is 0 Å². The van der Waals surface area contributed by atoms with Crippen molar-refractivity contribution < 1.29 is 12.8 Å². The van der Waals surface area contributed by atoms with Crippen LogP contribution in [0.25, 0.3) is 11.5 Å². The molecule has 0 spiro atoms. The predicted octanol–water partition coefficient (Wildman–Crippen LogP) is 1.41. The van der Waals surface area contributed by atoms with Crippen LogP contribution in [0.15, 0.2) is 28.9 Å². The van der Waals surface area contributed by atoms with E-state index in [1.165, 1.54) is 11.9 Å². The minimum absolute atomic E-state index is 0.294. The van der Waals surface area contributed by atoms with Crippen LogP contribution in [0.3, 0.4) is 0 Å². The fourth-order valence-corrected chi connectivity index (χ4v) is 4.80. The minimum atomic E-state index is -3.14. The van der Waals surface area contributed by atoms with Crippen LogP contribution in [0.2, 0.25) is 0 Å². The first kappa shape index (κ1) is 16.8. The average Bonchev–Trinajstić information content (AvgIpc) is 3.22. The summed E-state index contributed by atoms with van der Waals surface area (Å²) in [6, 6.07) is 6.23. The second kappa shape index (κ2) is 6.26. The Morgan fingerprint density at radius 1 is 1.44 bits per heavy atom.